The first kappa shape index (κ1) is 11.8. The Labute approximate surface area is 102 Å². The molecule has 17 heavy (non-hydrogen) atoms. The van der Waals surface area contributed by atoms with Gasteiger partial charge in [-0.2, -0.15) is 0 Å². The number of Topliss-reactive ketones (excluding diaryl/α,β-unsaturated/α-hetero) is 1. The van der Waals surface area contributed by atoms with Crippen molar-refractivity contribution in [3.63, 3.8) is 0 Å². The predicted octanol–water partition coefficient (Wildman–Crippen LogP) is 3.02. The van der Waals surface area contributed by atoms with Gasteiger partial charge in [0.05, 0.1) is 0 Å². The highest BCUT2D eigenvalue weighted by atomic mass is 16.1. The summed E-state index contributed by atoms with van der Waals surface area (Å²) in [5.74, 6) is 0.211. The minimum Gasteiger partial charge on any atom is -0.317 e. The summed E-state index contributed by atoms with van der Waals surface area (Å²) in [6.45, 7) is 3.70. The fourth-order valence-corrected chi connectivity index (χ4v) is 1.98. The van der Waals surface area contributed by atoms with Crippen molar-refractivity contribution in [2.45, 2.75) is 13.3 Å². The number of hydrogen-bond acceptors (Lipinski definition) is 2. The highest BCUT2D eigenvalue weighted by Crippen LogP contribution is 2.19. The molecule has 1 N–H and O–H groups in total. The Morgan fingerprint density at radius 3 is 2.71 bits per heavy atom. The summed E-state index contributed by atoms with van der Waals surface area (Å²) in [7, 11) is 0. The van der Waals surface area contributed by atoms with E-state index >= 15 is 0 Å². The van der Waals surface area contributed by atoms with Crippen LogP contribution in [0.15, 0.2) is 42.5 Å². The average molecular weight is 227 g/mol. The van der Waals surface area contributed by atoms with Crippen molar-refractivity contribution in [2.75, 3.05) is 13.1 Å². The van der Waals surface area contributed by atoms with Crippen LogP contribution in [0.4, 0.5) is 0 Å². The zero-order valence-electron chi connectivity index (χ0n) is 10.1. The maximum absolute atomic E-state index is 12.1. The van der Waals surface area contributed by atoms with Crippen molar-refractivity contribution in [2.24, 2.45) is 0 Å². The Hall–Kier alpha value is -1.67. The van der Waals surface area contributed by atoms with E-state index in [0.717, 1.165) is 29.4 Å². The molecule has 0 saturated carbocycles. The standard InChI is InChI=1S/C15H17NO/c1-2-16-11-10-15(17)14-9-5-7-12-6-3-4-8-13(12)14/h3-9,16H,2,10-11H2,1H3. The Bertz CT molecular complexity index is 514. The largest absolute Gasteiger partial charge is 0.317 e. The molecule has 0 fully saturated rings. The first-order valence-corrected chi connectivity index (χ1v) is 6.04. The molecule has 2 aromatic carbocycles. The molecule has 0 aliphatic carbocycles. The Morgan fingerprint density at radius 2 is 1.88 bits per heavy atom. The van der Waals surface area contributed by atoms with Crippen molar-refractivity contribution in [3.8, 4) is 0 Å². The molecular formula is C15H17NO. The molecule has 0 spiro atoms. The van der Waals surface area contributed by atoms with Crippen molar-refractivity contribution < 1.29 is 4.79 Å². The van der Waals surface area contributed by atoms with Gasteiger partial charge < -0.3 is 5.32 Å². The summed E-state index contributed by atoms with van der Waals surface area (Å²) in [5.41, 5.74) is 0.834. The van der Waals surface area contributed by atoms with Crippen molar-refractivity contribution >= 4 is 16.6 Å². The second-order valence-electron chi connectivity index (χ2n) is 4.05. The normalized spacial score (nSPS) is 10.6. The van der Waals surface area contributed by atoms with Crippen LogP contribution in [0.5, 0.6) is 0 Å². The summed E-state index contributed by atoms with van der Waals surface area (Å²) in [6, 6.07) is 13.9. The van der Waals surface area contributed by atoms with Gasteiger partial charge in [-0.05, 0) is 17.3 Å². The molecule has 2 heteroatoms. The molecule has 0 saturated heterocycles. The first-order valence-electron chi connectivity index (χ1n) is 6.04. The molecule has 0 bridgehead atoms. The van der Waals surface area contributed by atoms with Crippen LogP contribution in [0.3, 0.4) is 0 Å². The topological polar surface area (TPSA) is 29.1 Å². The van der Waals surface area contributed by atoms with Crippen LogP contribution in [0.1, 0.15) is 23.7 Å². The molecular weight excluding hydrogens is 210 g/mol. The van der Waals surface area contributed by atoms with Crippen LogP contribution in [0.25, 0.3) is 10.8 Å². The van der Waals surface area contributed by atoms with Gasteiger partial charge >= 0.3 is 0 Å². The van der Waals surface area contributed by atoms with Gasteiger partial charge in [0, 0.05) is 18.5 Å². The number of carbonyl (C=O) groups is 1. The fourth-order valence-electron chi connectivity index (χ4n) is 1.98. The monoisotopic (exact) mass is 227 g/mol. The van der Waals surface area contributed by atoms with Gasteiger partial charge in [0.25, 0.3) is 0 Å². The summed E-state index contributed by atoms with van der Waals surface area (Å²) in [5, 5.41) is 5.36. The van der Waals surface area contributed by atoms with Crippen LogP contribution in [-0.2, 0) is 0 Å². The highest BCUT2D eigenvalue weighted by Gasteiger charge is 2.08. The molecule has 0 aliphatic heterocycles. The third-order valence-electron chi connectivity index (χ3n) is 2.87. The van der Waals surface area contributed by atoms with Gasteiger partial charge in [0.1, 0.15) is 0 Å². The number of nitrogens with one attached hydrogen (secondary N) is 1. The molecule has 0 aromatic heterocycles. The molecule has 88 valence electrons. The van der Waals surface area contributed by atoms with E-state index in [-0.39, 0.29) is 5.78 Å². The number of fused-ring (bicyclic) bond motifs is 1. The molecule has 0 heterocycles. The zero-order chi connectivity index (χ0) is 12.1. The minimum atomic E-state index is 0.211. The van der Waals surface area contributed by atoms with Gasteiger partial charge in [0.15, 0.2) is 5.78 Å². The van der Waals surface area contributed by atoms with E-state index in [1.807, 2.05) is 49.4 Å². The smallest absolute Gasteiger partial charge is 0.164 e. The zero-order valence-corrected chi connectivity index (χ0v) is 10.1. The lowest BCUT2D eigenvalue weighted by atomic mass is 10.00. The number of ketones is 1. The van der Waals surface area contributed by atoms with Gasteiger partial charge in [-0.3, -0.25) is 4.79 Å². The van der Waals surface area contributed by atoms with Crippen molar-refractivity contribution in [3.05, 3.63) is 48.0 Å². The van der Waals surface area contributed by atoms with Crippen LogP contribution in [-0.4, -0.2) is 18.9 Å². The fraction of sp³-hybridized carbons (Fsp3) is 0.267. The maximum atomic E-state index is 12.1. The van der Waals surface area contributed by atoms with Crippen LogP contribution < -0.4 is 5.32 Å². The van der Waals surface area contributed by atoms with E-state index in [1.165, 1.54) is 0 Å². The number of carbonyl (C=O) groups excluding carboxylic acids is 1. The highest BCUT2D eigenvalue weighted by molar-refractivity contribution is 6.08. The van der Waals surface area contributed by atoms with Gasteiger partial charge in [-0.1, -0.05) is 49.4 Å². The molecule has 0 atom stereocenters. The van der Waals surface area contributed by atoms with Crippen LogP contribution >= 0.6 is 0 Å². The Kier molecular flexibility index (Phi) is 3.89. The molecule has 0 unspecified atom stereocenters. The molecule has 2 aromatic rings. The van der Waals surface area contributed by atoms with E-state index in [1.54, 1.807) is 0 Å². The summed E-state index contributed by atoms with van der Waals surface area (Å²) in [6.07, 6.45) is 0.557. The SMILES string of the molecule is CCNCCC(=O)c1cccc2ccccc12. The lowest BCUT2D eigenvalue weighted by Crippen LogP contribution is -2.17. The third-order valence-corrected chi connectivity index (χ3v) is 2.87. The van der Waals surface area contributed by atoms with E-state index in [2.05, 4.69) is 5.32 Å². The predicted molar refractivity (Wildman–Crippen MR) is 71.4 cm³/mol. The summed E-state index contributed by atoms with van der Waals surface area (Å²) in [4.78, 5) is 12.1. The quantitative estimate of drug-likeness (QED) is 0.628. The number of hydrogen-bond donors (Lipinski definition) is 1. The number of rotatable bonds is 5. The summed E-state index contributed by atoms with van der Waals surface area (Å²) >= 11 is 0. The van der Waals surface area contributed by atoms with Crippen molar-refractivity contribution in [1.82, 2.24) is 5.32 Å². The Morgan fingerprint density at radius 1 is 1.12 bits per heavy atom. The van der Waals surface area contributed by atoms with Crippen molar-refractivity contribution in [1.29, 1.82) is 0 Å². The molecule has 2 rings (SSSR count). The summed E-state index contributed by atoms with van der Waals surface area (Å²) < 4.78 is 0. The van der Waals surface area contributed by atoms with Crippen LogP contribution in [0.2, 0.25) is 0 Å². The van der Waals surface area contributed by atoms with Gasteiger partial charge in [-0.15, -0.1) is 0 Å². The minimum absolute atomic E-state index is 0.211. The number of benzene rings is 2. The van der Waals surface area contributed by atoms with E-state index in [9.17, 15) is 4.79 Å². The molecule has 0 amide bonds. The van der Waals surface area contributed by atoms with E-state index in [4.69, 9.17) is 0 Å². The van der Waals surface area contributed by atoms with Gasteiger partial charge in [0.2, 0.25) is 0 Å². The van der Waals surface area contributed by atoms with Crippen LogP contribution in [0, 0.1) is 0 Å². The second kappa shape index (κ2) is 5.60. The molecule has 2 nitrogen and oxygen atoms in total. The first-order chi connectivity index (χ1) is 8.33. The lowest BCUT2D eigenvalue weighted by molar-refractivity contribution is 0.0984. The van der Waals surface area contributed by atoms with E-state index < -0.39 is 0 Å². The molecule has 0 radical (unpaired) electrons. The Balaban J connectivity index is 2.26. The lowest BCUT2D eigenvalue weighted by Gasteiger charge is -2.06. The maximum Gasteiger partial charge on any atom is 0.164 e. The average Bonchev–Trinajstić information content (AvgIpc) is 2.38. The third kappa shape index (κ3) is 2.71. The van der Waals surface area contributed by atoms with E-state index in [0.29, 0.717) is 6.42 Å². The molecule has 0 aliphatic rings. The second-order valence-corrected chi connectivity index (χ2v) is 4.05. The van der Waals surface area contributed by atoms with Gasteiger partial charge in [-0.25, -0.2) is 0 Å².